The third-order valence-electron chi connectivity index (χ3n) is 1.78. The molecule has 15 heavy (non-hydrogen) atoms. The molecule has 1 aromatic carbocycles. The molecule has 0 N–H and O–H groups in total. The molecular weight excluding hydrogens is 214 g/mol. The molecule has 0 unspecified atom stereocenters. The van der Waals surface area contributed by atoms with Crippen LogP contribution in [0.1, 0.15) is 10.4 Å². The Morgan fingerprint density at radius 2 is 1.87 bits per heavy atom. The number of esters is 1. The van der Waals surface area contributed by atoms with Crippen molar-refractivity contribution in [1.82, 2.24) is 4.90 Å². The molecule has 84 valence electrons. The lowest BCUT2D eigenvalue weighted by Crippen LogP contribution is -2.20. The molecule has 0 saturated heterocycles. The summed E-state index contributed by atoms with van der Waals surface area (Å²) in [5, 5.41) is 0. The highest BCUT2D eigenvalue weighted by atomic mass is 35.5. The minimum atomic E-state index is -0.257. The number of halogens is 1. The molecule has 0 saturated carbocycles. The van der Waals surface area contributed by atoms with Crippen molar-refractivity contribution in [1.29, 1.82) is 0 Å². The number of carbonyl (C=O) groups excluding carboxylic acids is 1. The van der Waals surface area contributed by atoms with Crippen LogP contribution in [-0.4, -0.2) is 38.1 Å². The van der Waals surface area contributed by atoms with Gasteiger partial charge in [-0.05, 0) is 26.2 Å². The fraction of sp³-hybridized carbons (Fsp3) is 0.364. The summed E-state index contributed by atoms with van der Waals surface area (Å²) in [6, 6.07) is 9.01. The number of benzene rings is 1. The summed E-state index contributed by atoms with van der Waals surface area (Å²) in [4.78, 5) is 13.4. The van der Waals surface area contributed by atoms with Crippen molar-refractivity contribution in [3.63, 3.8) is 0 Å². The Kier molecular flexibility index (Phi) is 6.75. The van der Waals surface area contributed by atoms with Gasteiger partial charge in [0.25, 0.3) is 0 Å². The van der Waals surface area contributed by atoms with Crippen molar-refractivity contribution in [3.8, 4) is 0 Å². The molecule has 1 rings (SSSR count). The third kappa shape index (κ3) is 5.40. The topological polar surface area (TPSA) is 29.5 Å². The minimum Gasteiger partial charge on any atom is -0.461 e. The van der Waals surface area contributed by atoms with E-state index >= 15 is 0 Å². The molecule has 0 amide bonds. The van der Waals surface area contributed by atoms with Crippen molar-refractivity contribution in [2.24, 2.45) is 0 Å². The molecule has 0 radical (unpaired) electrons. The Labute approximate surface area is 96.4 Å². The van der Waals surface area contributed by atoms with E-state index in [9.17, 15) is 4.79 Å². The summed E-state index contributed by atoms with van der Waals surface area (Å²) in [7, 11) is 3.88. The molecule has 0 bridgehead atoms. The average Bonchev–Trinajstić information content (AvgIpc) is 2.18. The molecule has 0 aliphatic heterocycles. The van der Waals surface area contributed by atoms with E-state index in [4.69, 9.17) is 4.74 Å². The first-order valence-corrected chi connectivity index (χ1v) is 4.57. The normalized spacial score (nSPS) is 9.53. The highest BCUT2D eigenvalue weighted by Gasteiger charge is 2.04. The Morgan fingerprint density at radius 3 is 2.40 bits per heavy atom. The van der Waals surface area contributed by atoms with Gasteiger partial charge in [0, 0.05) is 6.54 Å². The lowest BCUT2D eigenvalue weighted by molar-refractivity contribution is 0.0482. The summed E-state index contributed by atoms with van der Waals surface area (Å²) in [6.45, 7) is 1.18. The van der Waals surface area contributed by atoms with Crippen LogP contribution >= 0.6 is 12.4 Å². The van der Waals surface area contributed by atoms with Crippen LogP contribution in [0.5, 0.6) is 0 Å². The van der Waals surface area contributed by atoms with Crippen LogP contribution in [0.25, 0.3) is 0 Å². The van der Waals surface area contributed by atoms with Gasteiger partial charge < -0.3 is 9.64 Å². The maximum absolute atomic E-state index is 11.4. The summed E-state index contributed by atoms with van der Waals surface area (Å²) >= 11 is 0. The van der Waals surface area contributed by atoms with Gasteiger partial charge in [-0.25, -0.2) is 4.79 Å². The van der Waals surface area contributed by atoms with Crippen LogP contribution in [-0.2, 0) is 4.74 Å². The van der Waals surface area contributed by atoms with Gasteiger partial charge in [0.05, 0.1) is 5.56 Å². The number of likely N-dealkylation sites (N-methyl/N-ethyl adjacent to an activating group) is 1. The maximum Gasteiger partial charge on any atom is 0.338 e. The van der Waals surface area contributed by atoms with Crippen molar-refractivity contribution in [2.75, 3.05) is 27.2 Å². The molecule has 0 aliphatic rings. The second kappa shape index (κ2) is 7.26. The van der Waals surface area contributed by atoms with E-state index in [1.807, 2.05) is 37.2 Å². The summed E-state index contributed by atoms with van der Waals surface area (Å²) in [6.07, 6.45) is 0. The second-order valence-corrected chi connectivity index (χ2v) is 3.31. The van der Waals surface area contributed by atoms with E-state index in [2.05, 4.69) is 0 Å². The van der Waals surface area contributed by atoms with Gasteiger partial charge in [-0.15, -0.1) is 12.4 Å². The van der Waals surface area contributed by atoms with Gasteiger partial charge in [0.1, 0.15) is 6.61 Å². The fourth-order valence-electron chi connectivity index (χ4n) is 0.978. The lowest BCUT2D eigenvalue weighted by atomic mass is 10.2. The third-order valence-corrected chi connectivity index (χ3v) is 1.78. The molecule has 4 heteroatoms. The van der Waals surface area contributed by atoms with E-state index in [0.29, 0.717) is 12.2 Å². The first-order valence-electron chi connectivity index (χ1n) is 4.57. The molecule has 0 heterocycles. The largest absolute Gasteiger partial charge is 0.461 e. The van der Waals surface area contributed by atoms with Crippen molar-refractivity contribution < 1.29 is 9.53 Å². The van der Waals surface area contributed by atoms with Gasteiger partial charge >= 0.3 is 5.97 Å². The van der Waals surface area contributed by atoms with Crippen LogP contribution in [0.3, 0.4) is 0 Å². The summed E-state index contributed by atoms with van der Waals surface area (Å²) < 4.78 is 5.06. The molecule has 0 fully saturated rings. The SMILES string of the molecule is CN(C)CCOC(=O)c1ccccc1.Cl. The number of carbonyl (C=O) groups is 1. The predicted molar refractivity (Wildman–Crippen MR) is 62.5 cm³/mol. The second-order valence-electron chi connectivity index (χ2n) is 3.31. The molecule has 0 aromatic heterocycles. The number of ether oxygens (including phenoxy) is 1. The van der Waals surface area contributed by atoms with Crippen molar-refractivity contribution >= 4 is 18.4 Å². The van der Waals surface area contributed by atoms with Gasteiger partial charge in [-0.2, -0.15) is 0 Å². The van der Waals surface area contributed by atoms with Gasteiger partial charge in [0.2, 0.25) is 0 Å². The van der Waals surface area contributed by atoms with E-state index in [1.54, 1.807) is 12.1 Å². The van der Waals surface area contributed by atoms with Crippen LogP contribution in [0, 0.1) is 0 Å². The molecular formula is C11H16ClNO2. The van der Waals surface area contributed by atoms with E-state index in [-0.39, 0.29) is 18.4 Å². The predicted octanol–water partition coefficient (Wildman–Crippen LogP) is 1.83. The Bertz CT molecular complexity index is 288. The average molecular weight is 230 g/mol. The quantitative estimate of drug-likeness (QED) is 0.738. The zero-order valence-corrected chi connectivity index (χ0v) is 9.79. The monoisotopic (exact) mass is 229 g/mol. The lowest BCUT2D eigenvalue weighted by Gasteiger charge is -2.09. The summed E-state index contributed by atoms with van der Waals surface area (Å²) in [5.74, 6) is -0.257. The Morgan fingerprint density at radius 1 is 1.27 bits per heavy atom. The zero-order chi connectivity index (χ0) is 10.4. The Hall–Kier alpha value is -1.06. The molecule has 0 atom stereocenters. The van der Waals surface area contributed by atoms with Crippen LogP contribution in [0.2, 0.25) is 0 Å². The molecule has 0 aliphatic carbocycles. The van der Waals surface area contributed by atoms with Crippen LogP contribution in [0.4, 0.5) is 0 Å². The van der Waals surface area contributed by atoms with Crippen molar-refractivity contribution in [3.05, 3.63) is 35.9 Å². The first kappa shape index (κ1) is 13.9. The summed E-state index contributed by atoms with van der Waals surface area (Å²) in [5.41, 5.74) is 0.603. The smallest absolute Gasteiger partial charge is 0.338 e. The first-order chi connectivity index (χ1) is 6.70. The van der Waals surface area contributed by atoms with Crippen LogP contribution in [0.15, 0.2) is 30.3 Å². The highest BCUT2D eigenvalue weighted by molar-refractivity contribution is 5.89. The molecule has 3 nitrogen and oxygen atoms in total. The minimum absolute atomic E-state index is 0. The number of hydrogen-bond donors (Lipinski definition) is 0. The molecule has 0 spiro atoms. The number of hydrogen-bond acceptors (Lipinski definition) is 3. The van der Waals surface area contributed by atoms with Crippen LogP contribution < -0.4 is 0 Å². The van der Waals surface area contributed by atoms with Crippen molar-refractivity contribution in [2.45, 2.75) is 0 Å². The fourth-order valence-corrected chi connectivity index (χ4v) is 0.978. The Balaban J connectivity index is 0.00000196. The van der Waals surface area contributed by atoms with Gasteiger partial charge in [-0.1, -0.05) is 18.2 Å². The standard InChI is InChI=1S/C11H15NO2.ClH/c1-12(2)8-9-14-11(13)10-6-4-3-5-7-10;/h3-7H,8-9H2,1-2H3;1H. The van der Waals surface area contributed by atoms with Gasteiger partial charge in [0.15, 0.2) is 0 Å². The van der Waals surface area contributed by atoms with E-state index < -0.39 is 0 Å². The number of rotatable bonds is 4. The van der Waals surface area contributed by atoms with E-state index in [1.165, 1.54) is 0 Å². The zero-order valence-electron chi connectivity index (χ0n) is 8.97. The highest BCUT2D eigenvalue weighted by Crippen LogP contribution is 2.00. The van der Waals surface area contributed by atoms with Gasteiger partial charge in [-0.3, -0.25) is 0 Å². The van der Waals surface area contributed by atoms with E-state index in [0.717, 1.165) is 6.54 Å². The maximum atomic E-state index is 11.4. The molecule has 1 aromatic rings. The number of nitrogens with zero attached hydrogens (tertiary/aromatic N) is 1.